The van der Waals surface area contributed by atoms with Gasteiger partial charge in [-0.25, -0.2) is 0 Å². The summed E-state index contributed by atoms with van der Waals surface area (Å²) in [6.45, 7) is 1.87. The van der Waals surface area contributed by atoms with E-state index < -0.39 is 9.58 Å². The molecule has 0 aromatic heterocycles. The smallest absolute Gasteiger partial charge is 0.257 e. The number of hydrogen-bond acceptors (Lipinski definition) is 1. The lowest BCUT2D eigenvalue weighted by Crippen LogP contribution is -2.20. The van der Waals surface area contributed by atoms with Crippen LogP contribution >= 0.6 is 34.8 Å². The van der Waals surface area contributed by atoms with Crippen molar-refractivity contribution < 1.29 is 4.79 Å². The minimum absolute atomic E-state index is 0.401. The minimum Gasteiger partial charge on any atom is -0.278 e. The molecule has 0 aliphatic carbocycles. The van der Waals surface area contributed by atoms with Gasteiger partial charge in [0, 0.05) is 0 Å². The van der Waals surface area contributed by atoms with Gasteiger partial charge < -0.3 is 0 Å². The third-order valence-corrected chi connectivity index (χ3v) is 2.09. The molecule has 0 aliphatic heterocycles. The Kier molecular flexibility index (Phi) is 3.86. The molecule has 1 nitrogen and oxygen atoms in total. The first-order valence-electron chi connectivity index (χ1n) is 2.58. The molecule has 0 amide bonds. The van der Waals surface area contributed by atoms with Gasteiger partial charge in [-0.1, -0.05) is 36.5 Å². The van der Waals surface area contributed by atoms with E-state index in [-0.39, 0.29) is 0 Å². The predicted molar refractivity (Wildman–Crippen MR) is 40.2 cm³/mol. The van der Waals surface area contributed by atoms with Gasteiger partial charge in [0.15, 0.2) is 4.33 Å². The van der Waals surface area contributed by atoms with Crippen LogP contribution in [0.15, 0.2) is 0 Å². The average molecular weight is 189 g/mol. The fourth-order valence-corrected chi connectivity index (χ4v) is 0.885. The van der Waals surface area contributed by atoms with Crippen molar-refractivity contribution in [3.8, 4) is 0 Å². The SMILES string of the molecule is CCCC(Cl)(Cl)C(=O)Cl. The summed E-state index contributed by atoms with van der Waals surface area (Å²) in [6.07, 6.45) is 1.14. The van der Waals surface area contributed by atoms with Gasteiger partial charge in [-0.15, -0.1) is 0 Å². The molecule has 0 radical (unpaired) electrons. The van der Waals surface area contributed by atoms with E-state index in [0.717, 1.165) is 6.42 Å². The molecule has 0 rings (SSSR count). The van der Waals surface area contributed by atoms with Gasteiger partial charge in [-0.05, 0) is 18.0 Å². The maximum atomic E-state index is 10.4. The Morgan fingerprint density at radius 1 is 1.56 bits per heavy atom. The first-order valence-corrected chi connectivity index (χ1v) is 3.72. The summed E-state index contributed by atoms with van der Waals surface area (Å²) in [7, 11) is 0. The van der Waals surface area contributed by atoms with Crippen LogP contribution in [-0.2, 0) is 4.79 Å². The molecule has 0 aromatic rings. The number of carbonyl (C=O) groups excluding carboxylic acids is 1. The van der Waals surface area contributed by atoms with Crippen molar-refractivity contribution in [2.75, 3.05) is 0 Å². The van der Waals surface area contributed by atoms with Gasteiger partial charge in [0.1, 0.15) is 0 Å². The number of carbonyl (C=O) groups is 1. The quantitative estimate of drug-likeness (QED) is 0.493. The summed E-state index contributed by atoms with van der Waals surface area (Å²) in [5.41, 5.74) is 0. The van der Waals surface area contributed by atoms with Crippen molar-refractivity contribution in [1.82, 2.24) is 0 Å². The molecule has 9 heavy (non-hydrogen) atoms. The summed E-state index contributed by atoms with van der Waals surface area (Å²) in [5, 5.41) is -0.701. The third kappa shape index (κ3) is 3.29. The topological polar surface area (TPSA) is 17.1 Å². The Morgan fingerprint density at radius 2 is 2.00 bits per heavy atom. The normalized spacial score (nSPS) is 11.6. The Labute approximate surface area is 69.3 Å². The zero-order valence-electron chi connectivity index (χ0n) is 4.96. The maximum absolute atomic E-state index is 10.4. The van der Waals surface area contributed by atoms with E-state index in [1.807, 2.05) is 6.92 Å². The lowest BCUT2D eigenvalue weighted by Gasteiger charge is -2.11. The monoisotopic (exact) mass is 188 g/mol. The first kappa shape index (κ1) is 9.54. The zero-order chi connectivity index (χ0) is 7.49. The molecule has 0 saturated heterocycles. The highest BCUT2D eigenvalue weighted by Gasteiger charge is 2.30. The van der Waals surface area contributed by atoms with Crippen LogP contribution in [-0.4, -0.2) is 9.58 Å². The van der Waals surface area contributed by atoms with Crippen molar-refractivity contribution >= 4 is 40.0 Å². The fourth-order valence-electron chi connectivity index (χ4n) is 0.412. The van der Waals surface area contributed by atoms with Crippen LogP contribution < -0.4 is 0 Å². The van der Waals surface area contributed by atoms with E-state index in [4.69, 9.17) is 34.8 Å². The van der Waals surface area contributed by atoms with Crippen molar-refractivity contribution in [2.24, 2.45) is 0 Å². The zero-order valence-corrected chi connectivity index (χ0v) is 7.22. The maximum Gasteiger partial charge on any atom is 0.257 e. The van der Waals surface area contributed by atoms with E-state index >= 15 is 0 Å². The standard InChI is InChI=1S/C5H7Cl3O/c1-2-3-5(7,8)4(6)9/h2-3H2,1H3. The van der Waals surface area contributed by atoms with Crippen LogP contribution in [0.25, 0.3) is 0 Å². The Bertz CT molecular complexity index is 111. The van der Waals surface area contributed by atoms with Crippen molar-refractivity contribution in [2.45, 2.75) is 24.1 Å². The Hall–Kier alpha value is 0.540. The molecular formula is C5H7Cl3O. The predicted octanol–water partition coefficient (Wildman–Crippen LogP) is 2.73. The second-order valence-corrected chi connectivity index (χ2v) is 3.56. The lowest BCUT2D eigenvalue weighted by atomic mass is 10.2. The summed E-state index contributed by atoms with van der Waals surface area (Å²) >= 11 is 16.0. The highest BCUT2D eigenvalue weighted by atomic mass is 35.5. The number of rotatable bonds is 3. The molecule has 0 aliphatic rings. The second-order valence-electron chi connectivity index (χ2n) is 1.73. The molecular weight excluding hydrogens is 182 g/mol. The van der Waals surface area contributed by atoms with Crippen LogP contribution in [0.2, 0.25) is 0 Å². The van der Waals surface area contributed by atoms with Crippen molar-refractivity contribution in [1.29, 1.82) is 0 Å². The Balaban J connectivity index is 3.85. The molecule has 0 spiro atoms. The largest absolute Gasteiger partial charge is 0.278 e. The van der Waals surface area contributed by atoms with E-state index in [9.17, 15) is 4.79 Å². The van der Waals surface area contributed by atoms with Gasteiger partial charge in [0.25, 0.3) is 5.24 Å². The van der Waals surface area contributed by atoms with Crippen LogP contribution in [0, 0.1) is 0 Å². The molecule has 0 unspecified atom stereocenters. The molecule has 0 aromatic carbocycles. The van der Waals surface area contributed by atoms with Crippen LogP contribution in [0.1, 0.15) is 19.8 Å². The van der Waals surface area contributed by atoms with Crippen LogP contribution in [0.4, 0.5) is 0 Å². The van der Waals surface area contributed by atoms with Gasteiger partial charge in [-0.3, -0.25) is 4.79 Å². The van der Waals surface area contributed by atoms with E-state index in [1.165, 1.54) is 0 Å². The number of alkyl halides is 2. The minimum atomic E-state index is -1.38. The van der Waals surface area contributed by atoms with Crippen molar-refractivity contribution in [3.05, 3.63) is 0 Å². The molecule has 0 heterocycles. The number of halogens is 3. The van der Waals surface area contributed by atoms with Gasteiger partial charge in [0.05, 0.1) is 0 Å². The molecule has 0 N–H and O–H groups in total. The second kappa shape index (κ2) is 3.65. The summed E-state index contributed by atoms with van der Waals surface area (Å²) in [5.74, 6) is 0. The van der Waals surface area contributed by atoms with Crippen molar-refractivity contribution in [3.63, 3.8) is 0 Å². The lowest BCUT2D eigenvalue weighted by molar-refractivity contribution is -0.112. The number of hydrogen-bond donors (Lipinski definition) is 0. The van der Waals surface area contributed by atoms with Gasteiger partial charge >= 0.3 is 0 Å². The average Bonchev–Trinajstić information content (AvgIpc) is 1.65. The molecule has 0 atom stereocenters. The van der Waals surface area contributed by atoms with E-state index in [2.05, 4.69) is 0 Å². The first-order chi connectivity index (χ1) is 4.00. The summed E-state index contributed by atoms with van der Waals surface area (Å²) in [6, 6.07) is 0. The fraction of sp³-hybridized carbons (Fsp3) is 0.800. The summed E-state index contributed by atoms with van der Waals surface area (Å²) in [4.78, 5) is 10.4. The molecule has 0 fully saturated rings. The van der Waals surface area contributed by atoms with Crippen LogP contribution in [0.5, 0.6) is 0 Å². The highest BCUT2D eigenvalue weighted by molar-refractivity contribution is 6.78. The van der Waals surface area contributed by atoms with Gasteiger partial charge in [0.2, 0.25) is 0 Å². The van der Waals surface area contributed by atoms with Gasteiger partial charge in [-0.2, -0.15) is 0 Å². The van der Waals surface area contributed by atoms with E-state index in [0.29, 0.717) is 6.42 Å². The van der Waals surface area contributed by atoms with E-state index in [1.54, 1.807) is 0 Å². The summed E-state index contributed by atoms with van der Waals surface area (Å²) < 4.78 is -1.38. The Morgan fingerprint density at radius 3 is 2.11 bits per heavy atom. The molecule has 0 saturated carbocycles. The molecule has 54 valence electrons. The highest BCUT2D eigenvalue weighted by Crippen LogP contribution is 2.29. The molecule has 4 heteroatoms. The van der Waals surface area contributed by atoms with Crippen LogP contribution in [0.3, 0.4) is 0 Å². The third-order valence-electron chi connectivity index (χ3n) is 0.852. The molecule has 0 bridgehead atoms.